The summed E-state index contributed by atoms with van der Waals surface area (Å²) < 4.78 is 28.1. The molecule has 1 aromatic heterocycles. The number of hydrogen-bond donors (Lipinski definition) is 0. The number of carbonyl (C=O) groups is 1. The van der Waals surface area contributed by atoms with E-state index in [1.165, 1.54) is 0 Å². The molecule has 1 aliphatic heterocycles. The zero-order chi connectivity index (χ0) is 21.3. The number of pyridine rings is 1. The van der Waals surface area contributed by atoms with Crippen LogP contribution in [0.3, 0.4) is 0 Å². The highest BCUT2D eigenvalue weighted by molar-refractivity contribution is 7.89. The van der Waals surface area contributed by atoms with E-state index >= 15 is 0 Å². The Hall–Kier alpha value is -2.25. The summed E-state index contributed by atoms with van der Waals surface area (Å²) in [6, 6.07) is 10.5. The molecule has 1 saturated carbocycles. The molecule has 0 bridgehead atoms. The Morgan fingerprint density at radius 3 is 2.50 bits per heavy atom. The lowest BCUT2D eigenvalue weighted by Crippen LogP contribution is -2.42. The second kappa shape index (κ2) is 8.47. The summed E-state index contributed by atoms with van der Waals surface area (Å²) in [5.74, 6) is 0.537. The van der Waals surface area contributed by atoms with Gasteiger partial charge in [-0.2, -0.15) is 4.31 Å². The van der Waals surface area contributed by atoms with Gasteiger partial charge < -0.3 is 4.90 Å². The lowest BCUT2D eigenvalue weighted by Gasteiger charge is -2.34. The zero-order valence-corrected chi connectivity index (χ0v) is 18.4. The third-order valence-electron chi connectivity index (χ3n) is 5.88. The van der Waals surface area contributed by atoms with E-state index in [0.29, 0.717) is 37.0 Å². The summed E-state index contributed by atoms with van der Waals surface area (Å²) in [5, 5.41) is 0. The van der Waals surface area contributed by atoms with Gasteiger partial charge in [0.05, 0.1) is 4.90 Å². The molecular formula is C23H29N3O3S. The Bertz CT molecular complexity index is 995. The second-order valence-corrected chi connectivity index (χ2v) is 10.8. The van der Waals surface area contributed by atoms with Crippen LogP contribution in [0.1, 0.15) is 49.0 Å². The van der Waals surface area contributed by atoms with Crippen molar-refractivity contribution in [2.24, 2.45) is 11.8 Å². The molecule has 7 heteroatoms. The fourth-order valence-corrected chi connectivity index (χ4v) is 6.07. The number of aromatic nitrogens is 1. The standard InChI is InChI=1S/C23H29N3O3S/c1-17-11-18(2)15-25(14-17)30(28,29)22-7-3-6-20(12-22)23(27)26(21-8-9-21)16-19-5-4-10-24-13-19/h3-7,10,12-13,17-18,21H,8-9,11,14-16H2,1-2H3. The third-order valence-corrected chi connectivity index (χ3v) is 7.71. The van der Waals surface area contributed by atoms with Crippen molar-refractivity contribution in [3.63, 3.8) is 0 Å². The van der Waals surface area contributed by atoms with Gasteiger partial charge in [0.15, 0.2) is 0 Å². The van der Waals surface area contributed by atoms with Gasteiger partial charge in [-0.25, -0.2) is 8.42 Å². The molecule has 2 aromatic rings. The van der Waals surface area contributed by atoms with E-state index in [1.54, 1.807) is 41.0 Å². The number of piperidine rings is 1. The van der Waals surface area contributed by atoms with Gasteiger partial charge in [0.1, 0.15) is 0 Å². The molecule has 1 aliphatic carbocycles. The van der Waals surface area contributed by atoms with Crippen LogP contribution in [0.5, 0.6) is 0 Å². The molecule has 1 aromatic carbocycles. The van der Waals surface area contributed by atoms with Crippen LogP contribution in [0.4, 0.5) is 0 Å². The molecule has 2 atom stereocenters. The Balaban J connectivity index is 1.58. The lowest BCUT2D eigenvalue weighted by molar-refractivity contribution is 0.0729. The van der Waals surface area contributed by atoms with Crippen LogP contribution in [0.15, 0.2) is 53.7 Å². The highest BCUT2D eigenvalue weighted by atomic mass is 32.2. The number of sulfonamides is 1. The van der Waals surface area contributed by atoms with Crippen LogP contribution in [0, 0.1) is 11.8 Å². The van der Waals surface area contributed by atoms with Crippen molar-refractivity contribution in [1.82, 2.24) is 14.2 Å². The van der Waals surface area contributed by atoms with Gasteiger partial charge in [-0.05, 0) is 60.9 Å². The maximum Gasteiger partial charge on any atom is 0.254 e. The van der Waals surface area contributed by atoms with E-state index < -0.39 is 10.0 Å². The maximum absolute atomic E-state index is 13.3. The number of carbonyl (C=O) groups excluding carboxylic acids is 1. The van der Waals surface area contributed by atoms with Crippen molar-refractivity contribution in [2.75, 3.05) is 13.1 Å². The van der Waals surface area contributed by atoms with Gasteiger partial charge in [-0.1, -0.05) is 26.0 Å². The number of benzene rings is 1. The Morgan fingerprint density at radius 2 is 1.87 bits per heavy atom. The van der Waals surface area contributed by atoms with Crippen LogP contribution in [0.25, 0.3) is 0 Å². The maximum atomic E-state index is 13.3. The van der Waals surface area contributed by atoms with Gasteiger partial charge >= 0.3 is 0 Å². The van der Waals surface area contributed by atoms with E-state index in [1.807, 2.05) is 17.0 Å². The highest BCUT2D eigenvalue weighted by Gasteiger charge is 2.35. The SMILES string of the molecule is CC1CC(C)CN(S(=O)(=O)c2cccc(C(=O)N(Cc3cccnc3)C3CC3)c2)C1. The normalized spacial score (nSPS) is 22.6. The number of rotatable bonds is 6. The summed E-state index contributed by atoms with van der Waals surface area (Å²) in [6.07, 6.45) is 6.47. The predicted molar refractivity (Wildman–Crippen MR) is 115 cm³/mol. The van der Waals surface area contributed by atoms with Crippen molar-refractivity contribution in [1.29, 1.82) is 0 Å². The summed E-state index contributed by atoms with van der Waals surface area (Å²) in [7, 11) is -3.62. The van der Waals surface area contributed by atoms with Gasteiger partial charge in [0, 0.05) is 43.6 Å². The molecule has 0 spiro atoms. The molecule has 1 saturated heterocycles. The van der Waals surface area contributed by atoms with Gasteiger partial charge in [0.25, 0.3) is 5.91 Å². The molecule has 30 heavy (non-hydrogen) atoms. The van der Waals surface area contributed by atoms with Gasteiger partial charge in [0.2, 0.25) is 10.0 Å². The fraction of sp³-hybridized carbons (Fsp3) is 0.478. The van der Waals surface area contributed by atoms with Crippen LogP contribution in [-0.4, -0.2) is 47.6 Å². The van der Waals surface area contributed by atoms with Crippen LogP contribution < -0.4 is 0 Å². The third kappa shape index (κ3) is 4.57. The summed E-state index contributed by atoms with van der Waals surface area (Å²) in [6.45, 7) is 5.71. The second-order valence-electron chi connectivity index (χ2n) is 8.82. The minimum Gasteiger partial charge on any atom is -0.331 e. The first-order valence-electron chi connectivity index (χ1n) is 10.6. The highest BCUT2D eigenvalue weighted by Crippen LogP contribution is 2.31. The number of nitrogens with zero attached hydrogens (tertiary/aromatic N) is 3. The smallest absolute Gasteiger partial charge is 0.254 e. The first kappa shape index (κ1) is 21.0. The fourth-order valence-electron chi connectivity index (χ4n) is 4.35. The molecule has 2 aliphatic rings. The Morgan fingerprint density at radius 1 is 1.13 bits per heavy atom. The summed E-state index contributed by atoms with van der Waals surface area (Å²) in [4.78, 5) is 19.5. The summed E-state index contributed by atoms with van der Waals surface area (Å²) in [5.41, 5.74) is 1.39. The molecule has 0 N–H and O–H groups in total. The molecule has 0 radical (unpaired) electrons. The van der Waals surface area contributed by atoms with Crippen molar-refractivity contribution in [3.05, 3.63) is 59.9 Å². The number of amides is 1. The van der Waals surface area contributed by atoms with Crippen LogP contribution >= 0.6 is 0 Å². The molecule has 2 unspecified atom stereocenters. The first-order valence-corrected chi connectivity index (χ1v) is 12.1. The van der Waals surface area contributed by atoms with Gasteiger partial charge in [-0.3, -0.25) is 9.78 Å². The Kier molecular flexibility index (Phi) is 5.93. The van der Waals surface area contributed by atoms with Crippen molar-refractivity contribution >= 4 is 15.9 Å². The molecule has 160 valence electrons. The molecular weight excluding hydrogens is 398 g/mol. The minimum absolute atomic E-state index is 0.126. The molecule has 6 nitrogen and oxygen atoms in total. The Labute approximate surface area is 179 Å². The number of hydrogen-bond acceptors (Lipinski definition) is 4. The van der Waals surface area contributed by atoms with Crippen LogP contribution in [-0.2, 0) is 16.6 Å². The van der Waals surface area contributed by atoms with E-state index in [4.69, 9.17) is 0 Å². The quantitative estimate of drug-likeness (QED) is 0.707. The predicted octanol–water partition coefficient (Wildman–Crippen LogP) is 3.55. The molecule has 4 rings (SSSR count). The monoisotopic (exact) mass is 427 g/mol. The molecule has 2 fully saturated rings. The van der Waals surface area contributed by atoms with E-state index in [2.05, 4.69) is 18.8 Å². The summed E-state index contributed by atoms with van der Waals surface area (Å²) >= 11 is 0. The van der Waals surface area contributed by atoms with E-state index in [9.17, 15) is 13.2 Å². The average Bonchev–Trinajstić information content (AvgIpc) is 3.57. The molecule has 1 amide bonds. The van der Waals surface area contributed by atoms with E-state index in [-0.39, 0.29) is 16.8 Å². The average molecular weight is 428 g/mol. The topological polar surface area (TPSA) is 70.6 Å². The van der Waals surface area contributed by atoms with Gasteiger partial charge in [-0.15, -0.1) is 0 Å². The molecule has 2 heterocycles. The largest absolute Gasteiger partial charge is 0.331 e. The zero-order valence-electron chi connectivity index (χ0n) is 17.6. The van der Waals surface area contributed by atoms with Crippen molar-refractivity contribution in [3.8, 4) is 0 Å². The first-order chi connectivity index (χ1) is 14.3. The van der Waals surface area contributed by atoms with Crippen LogP contribution in [0.2, 0.25) is 0 Å². The van der Waals surface area contributed by atoms with E-state index in [0.717, 1.165) is 24.8 Å². The lowest BCUT2D eigenvalue weighted by atomic mass is 9.94. The van der Waals surface area contributed by atoms with Crippen molar-refractivity contribution in [2.45, 2.75) is 50.6 Å². The minimum atomic E-state index is -3.62. The van der Waals surface area contributed by atoms with Crippen molar-refractivity contribution < 1.29 is 13.2 Å².